The van der Waals surface area contributed by atoms with Gasteiger partial charge in [0.05, 0.1) is 6.54 Å². The Morgan fingerprint density at radius 1 is 1.69 bits per heavy atom. The number of nitrogens with one attached hydrogen (secondary N) is 1. The lowest BCUT2D eigenvalue weighted by atomic mass is 10.4. The van der Waals surface area contributed by atoms with E-state index >= 15 is 0 Å². The molecule has 13 heavy (non-hydrogen) atoms. The van der Waals surface area contributed by atoms with Gasteiger partial charge in [0.1, 0.15) is 6.61 Å². The number of aryl methyl sites for hydroxylation is 1. The molecule has 0 atom stereocenters. The molecule has 1 N–H and O–H groups in total. The van der Waals surface area contributed by atoms with Crippen LogP contribution >= 0.6 is 0 Å². The van der Waals surface area contributed by atoms with Crippen molar-refractivity contribution in [3.05, 3.63) is 22.1 Å². The number of hydrogen-bond acceptors (Lipinski definition) is 3. The van der Waals surface area contributed by atoms with Crippen LogP contribution in [0.25, 0.3) is 0 Å². The minimum absolute atomic E-state index is 0.108. The van der Waals surface area contributed by atoms with Gasteiger partial charge in [-0.3, -0.25) is 19.4 Å². The van der Waals surface area contributed by atoms with Crippen molar-refractivity contribution in [2.24, 2.45) is 0 Å². The van der Waals surface area contributed by atoms with Gasteiger partial charge < -0.3 is 4.74 Å². The first kappa shape index (κ1) is 9.57. The van der Waals surface area contributed by atoms with Gasteiger partial charge in [-0.05, 0) is 6.92 Å². The molecule has 0 aliphatic heterocycles. The van der Waals surface area contributed by atoms with E-state index in [2.05, 4.69) is 5.10 Å². The van der Waals surface area contributed by atoms with Crippen LogP contribution in [0.3, 0.4) is 0 Å². The number of hydrogen-bond donors (Lipinski definition) is 1. The van der Waals surface area contributed by atoms with E-state index in [9.17, 15) is 9.59 Å². The van der Waals surface area contributed by atoms with Crippen LogP contribution in [0.5, 0.6) is 0 Å². The van der Waals surface area contributed by atoms with Gasteiger partial charge in [-0.25, -0.2) is 0 Å². The third-order valence-corrected chi connectivity index (χ3v) is 1.59. The van der Waals surface area contributed by atoms with Crippen molar-refractivity contribution in [3.8, 4) is 0 Å². The van der Waals surface area contributed by atoms with E-state index < -0.39 is 0 Å². The third kappa shape index (κ3) is 2.77. The van der Waals surface area contributed by atoms with Crippen molar-refractivity contribution in [3.63, 3.8) is 0 Å². The molecule has 0 radical (unpaired) electrons. The molecular formula is C8H12N2O3. The predicted octanol–water partition coefficient (Wildman–Crippen LogP) is 0.0479. The minimum atomic E-state index is -0.314. The molecule has 0 fully saturated rings. The Labute approximate surface area is 75.3 Å². The van der Waals surface area contributed by atoms with Crippen molar-refractivity contribution in [1.29, 1.82) is 0 Å². The molecule has 1 aromatic rings. The fourth-order valence-electron chi connectivity index (χ4n) is 0.951. The summed E-state index contributed by atoms with van der Waals surface area (Å²) in [6, 6.07) is 0. The first-order valence-electron chi connectivity index (χ1n) is 3.99. The number of esters is 1. The maximum Gasteiger partial charge on any atom is 0.302 e. The fraction of sp³-hybridized carbons (Fsp3) is 0.500. The van der Waals surface area contributed by atoms with Crippen LogP contribution in [-0.2, 0) is 16.1 Å². The molecule has 0 saturated heterocycles. The summed E-state index contributed by atoms with van der Waals surface area (Å²) in [5, 5.41) is 2.59. The topological polar surface area (TPSA) is 64.1 Å². The molecule has 0 saturated carbocycles. The number of rotatable bonds is 3. The lowest BCUT2D eigenvalue weighted by molar-refractivity contribution is -0.141. The number of aromatic amines is 1. The Kier molecular flexibility index (Phi) is 2.89. The average Bonchev–Trinajstić information content (AvgIpc) is 2.30. The SMILES string of the molecule is CC(=O)OCCn1cc(C)c(=O)[nH]1. The molecule has 1 heterocycles. The van der Waals surface area contributed by atoms with Gasteiger partial charge >= 0.3 is 5.97 Å². The second kappa shape index (κ2) is 3.93. The Hall–Kier alpha value is -1.52. The van der Waals surface area contributed by atoms with E-state index in [1.54, 1.807) is 17.8 Å². The molecule has 72 valence electrons. The lowest BCUT2D eigenvalue weighted by Crippen LogP contribution is -2.11. The molecule has 1 rings (SSSR count). The summed E-state index contributed by atoms with van der Waals surface area (Å²) in [7, 11) is 0. The van der Waals surface area contributed by atoms with Gasteiger partial charge in [0.25, 0.3) is 5.56 Å². The summed E-state index contributed by atoms with van der Waals surface area (Å²) in [6.07, 6.45) is 1.69. The Morgan fingerprint density at radius 3 is 2.85 bits per heavy atom. The normalized spacial score (nSPS) is 10.0. The van der Waals surface area contributed by atoms with Crippen molar-refractivity contribution < 1.29 is 9.53 Å². The Balaban J connectivity index is 2.46. The van der Waals surface area contributed by atoms with E-state index in [4.69, 9.17) is 4.74 Å². The van der Waals surface area contributed by atoms with Gasteiger partial charge in [0.2, 0.25) is 0 Å². The van der Waals surface area contributed by atoms with Crippen LogP contribution in [0.1, 0.15) is 12.5 Å². The van der Waals surface area contributed by atoms with Crippen LogP contribution in [0, 0.1) is 6.92 Å². The number of H-pyrrole nitrogens is 1. The van der Waals surface area contributed by atoms with Crippen LogP contribution in [0.4, 0.5) is 0 Å². The van der Waals surface area contributed by atoms with E-state index in [1.165, 1.54) is 6.92 Å². The number of carbonyl (C=O) groups excluding carboxylic acids is 1. The van der Waals surface area contributed by atoms with Crippen LogP contribution in [0.2, 0.25) is 0 Å². The zero-order valence-electron chi connectivity index (χ0n) is 7.66. The molecular weight excluding hydrogens is 172 g/mol. The van der Waals surface area contributed by atoms with Crippen LogP contribution in [-0.4, -0.2) is 22.4 Å². The highest BCUT2D eigenvalue weighted by molar-refractivity contribution is 5.65. The molecule has 0 aromatic carbocycles. The van der Waals surface area contributed by atoms with Gasteiger partial charge in [0.15, 0.2) is 0 Å². The van der Waals surface area contributed by atoms with Crippen molar-refractivity contribution in [2.75, 3.05) is 6.61 Å². The van der Waals surface area contributed by atoms with Crippen LogP contribution < -0.4 is 5.56 Å². The van der Waals surface area contributed by atoms with Gasteiger partial charge in [-0.1, -0.05) is 0 Å². The summed E-state index contributed by atoms with van der Waals surface area (Å²) in [5.74, 6) is -0.314. The van der Waals surface area contributed by atoms with Crippen molar-refractivity contribution in [2.45, 2.75) is 20.4 Å². The molecule has 0 unspecified atom stereocenters. The van der Waals surface area contributed by atoms with Gasteiger partial charge in [0, 0.05) is 18.7 Å². The van der Waals surface area contributed by atoms with Crippen molar-refractivity contribution >= 4 is 5.97 Å². The molecule has 5 nitrogen and oxygen atoms in total. The standard InChI is InChI=1S/C8H12N2O3/c1-6-5-10(9-8(6)12)3-4-13-7(2)11/h5H,3-4H2,1-2H3,(H,9,12). The second-order valence-corrected chi connectivity index (χ2v) is 2.79. The Bertz CT molecular complexity index is 351. The minimum Gasteiger partial charge on any atom is -0.464 e. The average molecular weight is 184 g/mol. The predicted molar refractivity (Wildman–Crippen MR) is 46.4 cm³/mol. The molecule has 0 aliphatic rings. The lowest BCUT2D eigenvalue weighted by Gasteiger charge is -2.01. The first-order valence-corrected chi connectivity index (χ1v) is 3.99. The zero-order valence-corrected chi connectivity index (χ0v) is 7.66. The quantitative estimate of drug-likeness (QED) is 0.675. The highest BCUT2D eigenvalue weighted by Gasteiger charge is 1.98. The van der Waals surface area contributed by atoms with Gasteiger partial charge in [-0.15, -0.1) is 0 Å². The maximum atomic E-state index is 11.0. The smallest absolute Gasteiger partial charge is 0.302 e. The molecule has 0 amide bonds. The summed E-state index contributed by atoms with van der Waals surface area (Å²) in [5.41, 5.74) is 0.547. The highest BCUT2D eigenvalue weighted by atomic mass is 16.5. The molecule has 5 heteroatoms. The summed E-state index contributed by atoms with van der Waals surface area (Å²) in [6.45, 7) is 3.83. The zero-order chi connectivity index (χ0) is 9.84. The van der Waals surface area contributed by atoms with Gasteiger partial charge in [-0.2, -0.15) is 0 Å². The van der Waals surface area contributed by atoms with E-state index in [0.29, 0.717) is 12.1 Å². The van der Waals surface area contributed by atoms with Crippen molar-refractivity contribution in [1.82, 2.24) is 9.78 Å². The number of aromatic nitrogens is 2. The Morgan fingerprint density at radius 2 is 2.38 bits per heavy atom. The first-order chi connectivity index (χ1) is 6.09. The van der Waals surface area contributed by atoms with E-state index in [0.717, 1.165) is 0 Å². The highest BCUT2D eigenvalue weighted by Crippen LogP contribution is 1.88. The molecule has 0 bridgehead atoms. The maximum absolute atomic E-state index is 11.0. The molecule has 0 spiro atoms. The third-order valence-electron chi connectivity index (χ3n) is 1.59. The monoisotopic (exact) mass is 184 g/mol. The largest absolute Gasteiger partial charge is 0.464 e. The molecule has 1 aromatic heterocycles. The summed E-state index contributed by atoms with van der Waals surface area (Å²) >= 11 is 0. The summed E-state index contributed by atoms with van der Waals surface area (Å²) in [4.78, 5) is 21.4. The number of ether oxygens (including phenoxy) is 1. The number of nitrogens with zero attached hydrogens (tertiary/aromatic N) is 1. The number of carbonyl (C=O) groups is 1. The molecule has 0 aliphatic carbocycles. The second-order valence-electron chi connectivity index (χ2n) is 2.79. The van der Waals surface area contributed by atoms with Crippen LogP contribution in [0.15, 0.2) is 11.0 Å². The van der Waals surface area contributed by atoms with E-state index in [1.807, 2.05) is 0 Å². The van der Waals surface area contributed by atoms with E-state index in [-0.39, 0.29) is 18.1 Å². The fourth-order valence-corrected chi connectivity index (χ4v) is 0.951. The summed E-state index contributed by atoms with van der Waals surface area (Å²) < 4.78 is 6.31.